The first-order chi connectivity index (χ1) is 29.0. The molecule has 2 heterocycles. The molecular weight excluding hydrogens is 709 g/mol. The maximum Gasteiger partial charge on any atom is 0.141 e. The molecule has 0 aliphatic heterocycles. The summed E-state index contributed by atoms with van der Waals surface area (Å²) in [5.74, 6) is 0. The first-order valence-electron chi connectivity index (χ1n) is 20.5. The zero-order valence-electron chi connectivity index (χ0n) is 33.4. The van der Waals surface area contributed by atoms with Crippen molar-refractivity contribution in [2.24, 2.45) is 0 Å². The van der Waals surface area contributed by atoms with E-state index in [1.165, 1.54) is 110 Å². The van der Waals surface area contributed by atoms with Gasteiger partial charge in [-0.2, -0.15) is 0 Å². The lowest BCUT2D eigenvalue weighted by Gasteiger charge is -2.19. The minimum Gasteiger partial charge on any atom is -0.310 e. The molecule has 0 saturated heterocycles. The molecule has 2 aromatic heterocycles. The van der Waals surface area contributed by atoms with Crippen LogP contribution in [0.3, 0.4) is 0 Å². The minimum atomic E-state index is 1.16. The molecule has 5 heteroatoms. The van der Waals surface area contributed by atoms with E-state index in [-0.39, 0.29) is 0 Å². The summed E-state index contributed by atoms with van der Waals surface area (Å²) in [7, 11) is 6.96. The van der Waals surface area contributed by atoms with Gasteiger partial charge in [-0.3, -0.25) is 0 Å². The molecule has 59 heavy (non-hydrogen) atoms. The lowest BCUT2D eigenvalue weighted by molar-refractivity contribution is 1.18. The summed E-state index contributed by atoms with van der Waals surface area (Å²) < 4.78 is 4.91. The van der Waals surface area contributed by atoms with E-state index < -0.39 is 0 Å². The predicted octanol–water partition coefficient (Wildman–Crippen LogP) is 9.32. The molecule has 9 aromatic carbocycles. The van der Waals surface area contributed by atoms with Crippen LogP contribution in [-0.4, -0.2) is 32.7 Å². The Morgan fingerprint density at radius 3 is 1.51 bits per heavy atom. The van der Waals surface area contributed by atoms with Crippen molar-refractivity contribution < 1.29 is 0 Å². The number of rotatable bonds is 6. The molecule has 0 unspecified atom stereocenters. The Labute approximate surface area is 347 Å². The Kier molecular flexibility index (Phi) is 8.30. The van der Waals surface area contributed by atoms with Gasteiger partial charge in [-0.15, -0.1) is 0 Å². The van der Waals surface area contributed by atoms with Gasteiger partial charge in [-0.05, 0) is 99.1 Å². The Morgan fingerprint density at radius 2 is 0.814 bits per heavy atom. The standard InChI is InChI=1S/C54H39B3N2/c55-51-49(40-26-30-47-45(32-40)43-21-10-11-22-46(43)58(47)41-19-8-3-9-20-41)52(56)53(57)54-50(51)44-29-25-39(35-15-6-2-7-16-35)33-48(44)59(54)42-27-23-36(24-28-42)38-18-12-17-37(31-38)34-13-4-1-5-14-34/h1-33H,55-57H2. The smallest absolute Gasteiger partial charge is 0.141 e. The molecule has 2 nitrogen and oxygen atoms in total. The van der Waals surface area contributed by atoms with Crippen LogP contribution >= 0.6 is 0 Å². The number of para-hydroxylation sites is 2. The number of nitrogens with zero attached hydrogens (tertiary/aromatic N) is 2. The third-order valence-electron chi connectivity index (χ3n) is 12.5. The average molecular weight is 748 g/mol. The normalized spacial score (nSPS) is 11.6. The van der Waals surface area contributed by atoms with Crippen LogP contribution < -0.4 is 16.4 Å². The molecule has 11 rings (SSSR count). The minimum absolute atomic E-state index is 1.16. The molecule has 0 N–H and O–H groups in total. The van der Waals surface area contributed by atoms with Gasteiger partial charge in [0, 0.05) is 38.4 Å². The van der Waals surface area contributed by atoms with Crippen LogP contribution in [0.5, 0.6) is 0 Å². The molecule has 274 valence electrons. The largest absolute Gasteiger partial charge is 0.310 e. The van der Waals surface area contributed by atoms with Crippen molar-refractivity contribution >= 4 is 83.5 Å². The summed E-state index contributed by atoms with van der Waals surface area (Å²) in [6.07, 6.45) is 0. The van der Waals surface area contributed by atoms with Crippen LogP contribution in [0.4, 0.5) is 0 Å². The number of benzene rings is 9. The van der Waals surface area contributed by atoms with E-state index in [0.29, 0.717) is 0 Å². The Morgan fingerprint density at radius 1 is 0.288 bits per heavy atom. The molecule has 0 radical (unpaired) electrons. The number of hydrogen-bond acceptors (Lipinski definition) is 0. The summed E-state index contributed by atoms with van der Waals surface area (Å²) >= 11 is 0. The molecule has 0 aliphatic carbocycles. The van der Waals surface area contributed by atoms with Crippen LogP contribution in [-0.2, 0) is 0 Å². The maximum absolute atomic E-state index is 2.51. The van der Waals surface area contributed by atoms with Crippen molar-refractivity contribution in [2.75, 3.05) is 0 Å². The van der Waals surface area contributed by atoms with E-state index in [2.05, 4.69) is 233 Å². The molecule has 0 fully saturated rings. The Hall–Kier alpha value is -7.23. The van der Waals surface area contributed by atoms with Crippen molar-refractivity contribution in [1.29, 1.82) is 0 Å². The quantitative estimate of drug-likeness (QED) is 0.150. The van der Waals surface area contributed by atoms with Gasteiger partial charge in [-0.1, -0.05) is 162 Å². The highest BCUT2D eigenvalue weighted by molar-refractivity contribution is 6.60. The molecule has 0 amide bonds. The zero-order chi connectivity index (χ0) is 39.6. The fourth-order valence-electron chi connectivity index (χ4n) is 9.60. The first kappa shape index (κ1) is 35.0. The van der Waals surface area contributed by atoms with E-state index in [1.807, 2.05) is 0 Å². The molecule has 0 aliphatic rings. The van der Waals surface area contributed by atoms with Crippen molar-refractivity contribution in [3.8, 4) is 55.9 Å². The lowest BCUT2D eigenvalue weighted by atomic mass is 9.69. The second-order valence-electron chi connectivity index (χ2n) is 15.8. The van der Waals surface area contributed by atoms with Gasteiger partial charge in [0.05, 0.1) is 16.6 Å². The van der Waals surface area contributed by atoms with Crippen molar-refractivity contribution in [3.05, 3.63) is 200 Å². The van der Waals surface area contributed by atoms with E-state index in [0.717, 1.165) is 5.69 Å². The van der Waals surface area contributed by atoms with Gasteiger partial charge in [0.2, 0.25) is 0 Å². The van der Waals surface area contributed by atoms with Gasteiger partial charge in [0.1, 0.15) is 23.5 Å². The second kappa shape index (κ2) is 14.0. The summed E-state index contributed by atoms with van der Waals surface area (Å²) in [5.41, 5.74) is 21.0. The van der Waals surface area contributed by atoms with Crippen LogP contribution in [0.2, 0.25) is 0 Å². The Bertz CT molecular complexity index is 3390. The second-order valence-corrected chi connectivity index (χ2v) is 15.8. The van der Waals surface area contributed by atoms with Gasteiger partial charge in [0.25, 0.3) is 0 Å². The van der Waals surface area contributed by atoms with Crippen molar-refractivity contribution in [3.63, 3.8) is 0 Å². The van der Waals surface area contributed by atoms with Crippen molar-refractivity contribution in [2.45, 2.75) is 0 Å². The highest BCUT2D eigenvalue weighted by Gasteiger charge is 2.23. The Balaban J connectivity index is 1.12. The predicted molar refractivity (Wildman–Crippen MR) is 261 cm³/mol. The van der Waals surface area contributed by atoms with E-state index in [9.17, 15) is 0 Å². The molecule has 0 atom stereocenters. The third kappa shape index (κ3) is 5.68. The monoisotopic (exact) mass is 748 g/mol. The molecule has 0 saturated carbocycles. The SMILES string of the molecule is Bc1c(-c2ccc3c(c2)c2ccccc2n3-c2ccccc2)c(B)c2c3ccc(-c4ccccc4)cc3n(-c3ccc(-c4cccc(-c5ccccc5)c4)cc3)c2c1B. The van der Waals surface area contributed by atoms with Crippen LogP contribution in [0, 0.1) is 0 Å². The maximum atomic E-state index is 2.51. The number of hydrogen-bond donors (Lipinski definition) is 0. The van der Waals surface area contributed by atoms with Gasteiger partial charge >= 0.3 is 0 Å². The average Bonchev–Trinajstić information content (AvgIpc) is 3.82. The lowest BCUT2D eigenvalue weighted by Crippen LogP contribution is -2.35. The third-order valence-corrected chi connectivity index (χ3v) is 12.5. The van der Waals surface area contributed by atoms with E-state index in [1.54, 1.807) is 0 Å². The molecular formula is C54H39B3N2. The number of fused-ring (bicyclic) bond motifs is 6. The molecule has 0 spiro atoms. The summed E-state index contributed by atoms with van der Waals surface area (Å²) in [5, 5.41) is 5.11. The van der Waals surface area contributed by atoms with E-state index in [4.69, 9.17) is 0 Å². The summed E-state index contributed by atoms with van der Waals surface area (Å²) in [6, 6.07) is 73.0. The van der Waals surface area contributed by atoms with Gasteiger partial charge in [-0.25, -0.2) is 0 Å². The fraction of sp³-hybridized carbons (Fsp3) is 0. The summed E-state index contributed by atoms with van der Waals surface area (Å²) in [6.45, 7) is 0. The van der Waals surface area contributed by atoms with Gasteiger partial charge in [0.15, 0.2) is 0 Å². The number of aromatic nitrogens is 2. The van der Waals surface area contributed by atoms with Crippen molar-refractivity contribution in [1.82, 2.24) is 9.13 Å². The van der Waals surface area contributed by atoms with Gasteiger partial charge < -0.3 is 9.13 Å². The first-order valence-corrected chi connectivity index (χ1v) is 20.5. The van der Waals surface area contributed by atoms with Crippen LogP contribution in [0.15, 0.2) is 200 Å². The van der Waals surface area contributed by atoms with Crippen LogP contribution in [0.25, 0.3) is 99.5 Å². The highest BCUT2D eigenvalue weighted by atomic mass is 15.0. The molecule has 11 aromatic rings. The summed E-state index contributed by atoms with van der Waals surface area (Å²) in [4.78, 5) is 0. The zero-order valence-corrected chi connectivity index (χ0v) is 33.4. The highest BCUT2D eigenvalue weighted by Crippen LogP contribution is 2.38. The topological polar surface area (TPSA) is 9.86 Å². The van der Waals surface area contributed by atoms with Crippen LogP contribution in [0.1, 0.15) is 0 Å². The van der Waals surface area contributed by atoms with E-state index >= 15 is 0 Å². The molecule has 0 bridgehead atoms. The fourth-order valence-corrected chi connectivity index (χ4v) is 9.60.